The summed E-state index contributed by atoms with van der Waals surface area (Å²) in [5.41, 5.74) is 0.109. The van der Waals surface area contributed by atoms with Gasteiger partial charge in [-0.25, -0.2) is 9.59 Å². The van der Waals surface area contributed by atoms with Crippen molar-refractivity contribution in [1.29, 1.82) is 0 Å². The van der Waals surface area contributed by atoms with E-state index < -0.39 is 23.7 Å². The first-order chi connectivity index (χ1) is 10.3. The van der Waals surface area contributed by atoms with Gasteiger partial charge in [0.05, 0.1) is 6.61 Å². The number of carboxylic acid groups (broad SMARTS) is 1. The number of para-hydroxylation sites is 1. The van der Waals surface area contributed by atoms with E-state index in [1.54, 1.807) is 26.8 Å². The Morgan fingerprint density at radius 2 is 2.05 bits per heavy atom. The van der Waals surface area contributed by atoms with Crippen molar-refractivity contribution in [3.8, 4) is 5.75 Å². The molecule has 0 unspecified atom stereocenters. The first-order valence-corrected chi connectivity index (χ1v) is 7.22. The average Bonchev–Trinajstić information content (AvgIpc) is 2.42. The van der Waals surface area contributed by atoms with Crippen LogP contribution in [-0.4, -0.2) is 35.4 Å². The third-order valence-corrected chi connectivity index (χ3v) is 3.35. The van der Waals surface area contributed by atoms with Crippen LogP contribution in [0.4, 0.5) is 4.79 Å². The van der Waals surface area contributed by atoms with Gasteiger partial charge in [-0.3, -0.25) is 0 Å². The van der Waals surface area contributed by atoms with E-state index >= 15 is 0 Å². The standard InChI is InChI=1S/C16H21NO5/c1-16(2,3)22-15(20)17-13(14(18)19)11-8-9-21-12-7-5-4-6-10(11)12/h4-7,11,13H,8-9H2,1-3H3,(H,17,20)(H,18,19)/t11-,13-/m1/s1. The molecule has 0 fully saturated rings. The molecule has 22 heavy (non-hydrogen) atoms. The van der Waals surface area contributed by atoms with E-state index in [1.807, 2.05) is 18.2 Å². The van der Waals surface area contributed by atoms with E-state index in [0.717, 1.165) is 5.56 Å². The van der Waals surface area contributed by atoms with Crippen molar-refractivity contribution >= 4 is 12.1 Å². The lowest BCUT2D eigenvalue weighted by molar-refractivity contribution is -0.140. The minimum atomic E-state index is -1.09. The second kappa shape index (κ2) is 6.25. The highest BCUT2D eigenvalue weighted by atomic mass is 16.6. The molecule has 0 radical (unpaired) electrons. The van der Waals surface area contributed by atoms with Crippen LogP contribution in [0, 0.1) is 0 Å². The number of rotatable bonds is 3. The summed E-state index contributed by atoms with van der Waals surface area (Å²) < 4.78 is 10.7. The summed E-state index contributed by atoms with van der Waals surface area (Å²) in [6, 6.07) is 6.23. The van der Waals surface area contributed by atoms with E-state index in [9.17, 15) is 14.7 Å². The van der Waals surface area contributed by atoms with Crippen molar-refractivity contribution in [1.82, 2.24) is 5.32 Å². The fraction of sp³-hybridized carbons (Fsp3) is 0.500. The molecular formula is C16H21NO5. The largest absolute Gasteiger partial charge is 0.493 e. The quantitative estimate of drug-likeness (QED) is 0.896. The number of aliphatic carboxylic acids is 1. The van der Waals surface area contributed by atoms with Gasteiger partial charge in [-0.2, -0.15) is 0 Å². The number of carbonyl (C=O) groups excluding carboxylic acids is 1. The topological polar surface area (TPSA) is 84.9 Å². The number of alkyl carbamates (subject to hydrolysis) is 1. The highest BCUT2D eigenvalue weighted by molar-refractivity contribution is 5.81. The maximum Gasteiger partial charge on any atom is 0.408 e. The zero-order chi connectivity index (χ0) is 16.3. The Bertz CT molecular complexity index is 564. The maximum absolute atomic E-state index is 11.9. The highest BCUT2D eigenvalue weighted by Crippen LogP contribution is 2.35. The van der Waals surface area contributed by atoms with Crippen LogP contribution in [0.2, 0.25) is 0 Å². The molecule has 2 atom stereocenters. The van der Waals surface area contributed by atoms with Gasteiger partial charge < -0.3 is 19.9 Å². The molecule has 2 rings (SSSR count). The molecule has 1 aromatic rings. The number of benzene rings is 1. The van der Waals surface area contributed by atoms with Crippen LogP contribution >= 0.6 is 0 Å². The molecule has 6 nitrogen and oxygen atoms in total. The fourth-order valence-corrected chi connectivity index (χ4v) is 2.48. The van der Waals surface area contributed by atoms with Crippen LogP contribution in [-0.2, 0) is 9.53 Å². The lowest BCUT2D eigenvalue weighted by Gasteiger charge is -2.31. The second-order valence-corrected chi connectivity index (χ2v) is 6.24. The van der Waals surface area contributed by atoms with Crippen molar-refractivity contribution in [3.63, 3.8) is 0 Å². The minimum Gasteiger partial charge on any atom is -0.493 e. The molecule has 1 heterocycles. The third-order valence-electron chi connectivity index (χ3n) is 3.35. The normalized spacial score (nSPS) is 18.6. The van der Waals surface area contributed by atoms with Gasteiger partial charge in [0.15, 0.2) is 0 Å². The fourth-order valence-electron chi connectivity index (χ4n) is 2.48. The summed E-state index contributed by atoms with van der Waals surface area (Å²) in [6.07, 6.45) is -0.215. The van der Waals surface area contributed by atoms with E-state index in [0.29, 0.717) is 18.8 Å². The monoisotopic (exact) mass is 307 g/mol. The Labute approximate surface area is 129 Å². The van der Waals surface area contributed by atoms with Crippen molar-refractivity contribution in [2.75, 3.05) is 6.61 Å². The average molecular weight is 307 g/mol. The highest BCUT2D eigenvalue weighted by Gasteiger charge is 2.35. The van der Waals surface area contributed by atoms with Crippen molar-refractivity contribution < 1.29 is 24.2 Å². The number of carboxylic acids is 1. The molecule has 0 aliphatic carbocycles. The predicted octanol–water partition coefficient (Wildman–Crippen LogP) is 2.53. The van der Waals surface area contributed by atoms with Gasteiger partial charge in [0.1, 0.15) is 17.4 Å². The number of carbonyl (C=O) groups is 2. The molecule has 1 aliphatic rings. The summed E-state index contributed by atoms with van der Waals surface area (Å²) in [6.45, 7) is 5.60. The van der Waals surface area contributed by atoms with Gasteiger partial charge >= 0.3 is 12.1 Å². The number of fused-ring (bicyclic) bond motifs is 1. The molecule has 6 heteroatoms. The molecule has 0 aromatic heterocycles. The first kappa shape index (κ1) is 16.1. The Kier molecular flexibility index (Phi) is 4.59. The third kappa shape index (κ3) is 3.90. The Hall–Kier alpha value is -2.24. The molecule has 1 aromatic carbocycles. The van der Waals surface area contributed by atoms with E-state index in [-0.39, 0.29) is 5.92 Å². The smallest absolute Gasteiger partial charge is 0.408 e. The number of hydrogen-bond acceptors (Lipinski definition) is 4. The van der Waals surface area contributed by atoms with Gasteiger partial charge in [0, 0.05) is 5.92 Å². The molecule has 120 valence electrons. The number of amides is 1. The number of nitrogens with one attached hydrogen (secondary N) is 1. The van der Waals surface area contributed by atoms with Crippen LogP contribution in [0.1, 0.15) is 38.7 Å². The van der Waals surface area contributed by atoms with E-state index in [1.165, 1.54) is 0 Å². The van der Waals surface area contributed by atoms with Crippen molar-refractivity contribution in [2.24, 2.45) is 0 Å². The van der Waals surface area contributed by atoms with Gasteiger partial charge in [0.2, 0.25) is 0 Å². The summed E-state index contributed by atoms with van der Waals surface area (Å²) in [5.74, 6) is -0.779. The summed E-state index contributed by atoms with van der Waals surface area (Å²) in [4.78, 5) is 23.5. The molecular weight excluding hydrogens is 286 g/mol. The predicted molar refractivity (Wildman–Crippen MR) is 80.1 cm³/mol. The van der Waals surface area contributed by atoms with Gasteiger partial charge in [-0.15, -0.1) is 0 Å². The molecule has 1 aliphatic heterocycles. The lowest BCUT2D eigenvalue weighted by atomic mass is 9.86. The Morgan fingerprint density at radius 3 is 2.68 bits per heavy atom. The molecule has 0 saturated heterocycles. The van der Waals surface area contributed by atoms with Crippen LogP contribution in [0.25, 0.3) is 0 Å². The van der Waals surface area contributed by atoms with Gasteiger partial charge in [-0.05, 0) is 38.8 Å². The van der Waals surface area contributed by atoms with Crippen LogP contribution in [0.5, 0.6) is 5.75 Å². The Morgan fingerprint density at radius 1 is 1.36 bits per heavy atom. The summed E-state index contributed by atoms with van der Waals surface area (Å²) in [5, 5.41) is 12.0. The van der Waals surface area contributed by atoms with Gasteiger partial charge in [0.25, 0.3) is 0 Å². The number of ether oxygens (including phenoxy) is 2. The number of hydrogen-bond donors (Lipinski definition) is 2. The molecule has 0 bridgehead atoms. The van der Waals surface area contributed by atoms with E-state index in [4.69, 9.17) is 9.47 Å². The molecule has 1 amide bonds. The zero-order valence-electron chi connectivity index (χ0n) is 13.0. The van der Waals surface area contributed by atoms with Crippen LogP contribution in [0.3, 0.4) is 0 Å². The minimum absolute atomic E-state index is 0.352. The first-order valence-electron chi connectivity index (χ1n) is 7.22. The second-order valence-electron chi connectivity index (χ2n) is 6.24. The summed E-state index contributed by atoms with van der Waals surface area (Å²) >= 11 is 0. The lowest BCUT2D eigenvalue weighted by Crippen LogP contribution is -2.47. The maximum atomic E-state index is 11.9. The zero-order valence-corrected chi connectivity index (χ0v) is 13.0. The van der Waals surface area contributed by atoms with Crippen molar-refractivity contribution in [3.05, 3.63) is 29.8 Å². The Balaban J connectivity index is 2.19. The van der Waals surface area contributed by atoms with E-state index in [2.05, 4.69) is 5.32 Å². The molecule has 2 N–H and O–H groups in total. The SMILES string of the molecule is CC(C)(C)OC(=O)N[C@@H](C(=O)O)[C@@H]1CCOc2ccccc21. The van der Waals surface area contributed by atoms with Crippen LogP contribution in [0.15, 0.2) is 24.3 Å². The van der Waals surface area contributed by atoms with Gasteiger partial charge in [-0.1, -0.05) is 18.2 Å². The van der Waals surface area contributed by atoms with Crippen molar-refractivity contribution in [2.45, 2.75) is 44.8 Å². The van der Waals surface area contributed by atoms with Crippen LogP contribution < -0.4 is 10.1 Å². The molecule has 0 saturated carbocycles. The summed E-state index contributed by atoms with van der Waals surface area (Å²) in [7, 11) is 0. The molecule has 0 spiro atoms.